The molecule has 2 heterocycles. The number of piperidine rings is 1. The number of rotatable bonds is 3. The summed E-state index contributed by atoms with van der Waals surface area (Å²) in [6.45, 7) is 3.47. The summed E-state index contributed by atoms with van der Waals surface area (Å²) in [5.74, 6) is 0.549. The molecule has 0 saturated carbocycles. The van der Waals surface area contributed by atoms with Crippen molar-refractivity contribution in [2.75, 3.05) is 13.1 Å². The van der Waals surface area contributed by atoms with Gasteiger partial charge in [-0.3, -0.25) is 0 Å². The first kappa shape index (κ1) is 13.4. The lowest BCUT2D eigenvalue weighted by Crippen LogP contribution is -2.28. The van der Waals surface area contributed by atoms with Gasteiger partial charge < -0.3 is 9.73 Å². The summed E-state index contributed by atoms with van der Waals surface area (Å²) in [5.41, 5.74) is -0.853. The zero-order valence-corrected chi connectivity index (χ0v) is 10.3. The van der Waals surface area contributed by atoms with Crippen LogP contribution in [-0.4, -0.2) is 18.1 Å². The van der Waals surface area contributed by atoms with Crippen LogP contribution in [0.2, 0.25) is 0 Å². The van der Waals surface area contributed by atoms with Gasteiger partial charge in [0.2, 0.25) is 0 Å². The highest BCUT2D eigenvalue weighted by molar-refractivity contribution is 5.14. The molecule has 3 nitrogen and oxygen atoms in total. The van der Waals surface area contributed by atoms with Crippen LogP contribution >= 0.6 is 0 Å². The fraction of sp³-hybridized carbons (Fsp3) is 0.750. The van der Waals surface area contributed by atoms with Gasteiger partial charge >= 0.3 is 6.18 Å². The van der Waals surface area contributed by atoms with Crippen molar-refractivity contribution in [2.24, 2.45) is 5.92 Å². The predicted molar refractivity (Wildman–Crippen MR) is 60.2 cm³/mol. The molecule has 0 amide bonds. The van der Waals surface area contributed by atoms with Crippen molar-refractivity contribution >= 4 is 0 Å². The van der Waals surface area contributed by atoms with E-state index in [1.54, 1.807) is 6.92 Å². The molecule has 0 bridgehead atoms. The molecule has 6 heteroatoms. The molecular formula is C12H17F3N2O. The van der Waals surface area contributed by atoms with Crippen LogP contribution in [0.3, 0.4) is 0 Å². The van der Waals surface area contributed by atoms with Crippen molar-refractivity contribution < 1.29 is 17.6 Å². The molecule has 2 rings (SSSR count). The Morgan fingerprint density at radius 1 is 1.33 bits per heavy atom. The average Bonchev–Trinajstić information content (AvgIpc) is 2.73. The summed E-state index contributed by atoms with van der Waals surface area (Å²) in [5, 5.41) is 3.22. The maximum absolute atomic E-state index is 12.7. The Bertz CT molecular complexity index is 395. The van der Waals surface area contributed by atoms with E-state index in [9.17, 15) is 13.2 Å². The fourth-order valence-electron chi connectivity index (χ4n) is 2.28. The Balaban J connectivity index is 2.11. The van der Waals surface area contributed by atoms with E-state index in [2.05, 4.69) is 10.3 Å². The molecule has 1 fully saturated rings. The van der Waals surface area contributed by atoms with E-state index in [1.807, 2.05) is 0 Å². The van der Waals surface area contributed by atoms with Crippen molar-refractivity contribution in [3.63, 3.8) is 0 Å². The summed E-state index contributed by atoms with van der Waals surface area (Å²) in [6, 6.07) is 0. The number of alkyl halides is 3. The van der Waals surface area contributed by atoms with Gasteiger partial charge in [0.1, 0.15) is 5.76 Å². The fourth-order valence-corrected chi connectivity index (χ4v) is 2.28. The van der Waals surface area contributed by atoms with Crippen LogP contribution in [-0.2, 0) is 19.0 Å². The van der Waals surface area contributed by atoms with E-state index in [0.29, 0.717) is 12.3 Å². The predicted octanol–water partition coefficient (Wildman–Crippen LogP) is 2.80. The van der Waals surface area contributed by atoms with Crippen LogP contribution < -0.4 is 5.32 Å². The second kappa shape index (κ2) is 5.30. The Morgan fingerprint density at radius 2 is 2.00 bits per heavy atom. The van der Waals surface area contributed by atoms with Crippen molar-refractivity contribution in [3.8, 4) is 0 Å². The van der Waals surface area contributed by atoms with Gasteiger partial charge in [-0.1, -0.05) is 6.92 Å². The van der Waals surface area contributed by atoms with E-state index in [-0.39, 0.29) is 18.1 Å². The second-order valence-corrected chi connectivity index (χ2v) is 4.63. The number of nitrogens with one attached hydrogen (secondary N) is 1. The van der Waals surface area contributed by atoms with E-state index in [0.717, 1.165) is 25.9 Å². The second-order valence-electron chi connectivity index (χ2n) is 4.63. The highest BCUT2D eigenvalue weighted by Gasteiger charge is 2.38. The standard InChI is InChI=1S/C12H17F3N2O/c1-2-9-11(12(13,14)15)17-10(18-9)7-8-3-5-16-6-4-8/h8,16H,2-7H2,1H3. The number of hydrogen-bond donors (Lipinski definition) is 1. The molecule has 0 aromatic carbocycles. The average molecular weight is 262 g/mol. The number of hydrogen-bond acceptors (Lipinski definition) is 3. The maximum atomic E-state index is 12.7. The molecule has 1 aromatic heterocycles. The zero-order chi connectivity index (χ0) is 13.2. The third-order valence-electron chi connectivity index (χ3n) is 3.25. The monoisotopic (exact) mass is 262 g/mol. The molecule has 0 spiro atoms. The third kappa shape index (κ3) is 3.04. The third-order valence-corrected chi connectivity index (χ3v) is 3.25. The summed E-state index contributed by atoms with van der Waals surface area (Å²) in [4.78, 5) is 3.63. The van der Waals surface area contributed by atoms with Crippen LogP contribution in [0.15, 0.2) is 4.42 Å². The lowest BCUT2D eigenvalue weighted by Gasteiger charge is -2.20. The summed E-state index contributed by atoms with van der Waals surface area (Å²) >= 11 is 0. The number of aryl methyl sites for hydroxylation is 1. The van der Waals surface area contributed by atoms with Crippen molar-refractivity contribution in [1.29, 1.82) is 0 Å². The van der Waals surface area contributed by atoms with Gasteiger partial charge in [-0.2, -0.15) is 13.2 Å². The quantitative estimate of drug-likeness (QED) is 0.910. The zero-order valence-electron chi connectivity index (χ0n) is 10.3. The normalized spacial score (nSPS) is 18.2. The molecule has 0 radical (unpaired) electrons. The molecule has 1 aliphatic rings. The minimum atomic E-state index is -4.42. The summed E-state index contributed by atoms with van der Waals surface area (Å²) < 4.78 is 43.3. The van der Waals surface area contributed by atoms with E-state index in [4.69, 9.17) is 4.42 Å². The molecular weight excluding hydrogens is 245 g/mol. The molecule has 1 aliphatic heterocycles. The number of oxazole rings is 1. The van der Waals surface area contributed by atoms with Crippen LogP contribution in [0.4, 0.5) is 13.2 Å². The maximum Gasteiger partial charge on any atom is 0.436 e. The summed E-state index contributed by atoms with van der Waals surface area (Å²) in [7, 11) is 0. The van der Waals surface area contributed by atoms with Crippen molar-refractivity contribution in [1.82, 2.24) is 10.3 Å². The van der Waals surface area contributed by atoms with Crippen LogP contribution in [0.25, 0.3) is 0 Å². The van der Waals surface area contributed by atoms with Gasteiger partial charge in [-0.15, -0.1) is 0 Å². The van der Waals surface area contributed by atoms with Crippen molar-refractivity contribution in [2.45, 2.75) is 38.8 Å². The van der Waals surface area contributed by atoms with Gasteiger partial charge in [0.25, 0.3) is 0 Å². The van der Waals surface area contributed by atoms with E-state index < -0.39 is 11.9 Å². The van der Waals surface area contributed by atoms with E-state index in [1.165, 1.54) is 0 Å². The Hall–Kier alpha value is -1.04. The first-order valence-electron chi connectivity index (χ1n) is 6.27. The largest absolute Gasteiger partial charge is 0.445 e. The molecule has 0 unspecified atom stereocenters. The van der Waals surface area contributed by atoms with E-state index >= 15 is 0 Å². The Morgan fingerprint density at radius 3 is 2.50 bits per heavy atom. The highest BCUT2D eigenvalue weighted by Crippen LogP contribution is 2.32. The SMILES string of the molecule is CCc1oc(CC2CCNCC2)nc1C(F)(F)F. The lowest BCUT2D eigenvalue weighted by molar-refractivity contribution is -0.141. The van der Waals surface area contributed by atoms with Gasteiger partial charge in [-0.05, 0) is 31.8 Å². The lowest BCUT2D eigenvalue weighted by atomic mass is 9.95. The van der Waals surface area contributed by atoms with Gasteiger partial charge in [0.05, 0.1) is 0 Å². The molecule has 1 aromatic rings. The van der Waals surface area contributed by atoms with Crippen LogP contribution in [0, 0.1) is 5.92 Å². The first-order chi connectivity index (χ1) is 8.50. The molecule has 18 heavy (non-hydrogen) atoms. The molecule has 0 atom stereocenters. The molecule has 1 saturated heterocycles. The van der Waals surface area contributed by atoms with Crippen LogP contribution in [0.1, 0.15) is 37.1 Å². The van der Waals surface area contributed by atoms with Crippen molar-refractivity contribution in [3.05, 3.63) is 17.3 Å². The minimum absolute atomic E-state index is 0.0496. The highest BCUT2D eigenvalue weighted by atomic mass is 19.4. The minimum Gasteiger partial charge on any atom is -0.445 e. The number of halogens is 3. The first-order valence-corrected chi connectivity index (χ1v) is 6.27. The molecule has 0 aliphatic carbocycles. The van der Waals surface area contributed by atoms with Crippen LogP contribution in [0.5, 0.6) is 0 Å². The topological polar surface area (TPSA) is 38.1 Å². The van der Waals surface area contributed by atoms with Gasteiger partial charge in [0, 0.05) is 12.8 Å². The summed E-state index contributed by atoms with van der Waals surface area (Å²) in [6.07, 6.45) is -1.77. The Kier molecular flexibility index (Phi) is 3.94. The molecule has 1 N–H and O–H groups in total. The number of nitrogens with zero attached hydrogens (tertiary/aromatic N) is 1. The van der Waals surface area contributed by atoms with Gasteiger partial charge in [-0.25, -0.2) is 4.98 Å². The Labute approximate surface area is 104 Å². The smallest absolute Gasteiger partial charge is 0.436 e. The van der Waals surface area contributed by atoms with Gasteiger partial charge in [0.15, 0.2) is 11.6 Å². The number of aromatic nitrogens is 1. The molecule has 102 valence electrons.